The number of hydrogen-bond donors (Lipinski definition) is 0. The monoisotopic (exact) mass is 522 g/mol. The molecule has 0 atom stereocenters. The average Bonchev–Trinajstić information content (AvgIpc) is 1.57. The topological polar surface area (TPSA) is 0 Å². The first-order valence-corrected chi connectivity index (χ1v) is 6.64. The Labute approximate surface area is 110 Å². The van der Waals surface area contributed by atoms with Crippen LogP contribution in [0.25, 0.3) is 0 Å². The summed E-state index contributed by atoms with van der Waals surface area (Å²) in [6.45, 7) is 0. The fourth-order valence-electron chi connectivity index (χ4n) is 0.142. The Morgan fingerprint density at radius 3 is 0.900 bits per heavy atom. The summed E-state index contributed by atoms with van der Waals surface area (Å²) in [6.07, 6.45) is 0. The lowest BCUT2D eigenvalue weighted by Gasteiger charge is -2.03. The van der Waals surface area contributed by atoms with E-state index in [0.717, 1.165) is 0 Å². The van der Waals surface area contributed by atoms with E-state index in [2.05, 4.69) is 107 Å². The molecule has 10 heavy (non-hydrogen) atoms. The van der Waals surface area contributed by atoms with Crippen LogP contribution in [-0.2, 0) is 0 Å². The van der Waals surface area contributed by atoms with Crippen LogP contribution in [0.3, 0.4) is 0 Å². The third-order valence-electron chi connectivity index (χ3n) is 0.346. The van der Waals surface area contributed by atoms with Crippen LogP contribution in [0.15, 0.2) is 0 Å². The molecular formula is C4Br6. The largest absolute Gasteiger partial charge is 0.194 e. The van der Waals surface area contributed by atoms with Gasteiger partial charge >= 0.3 is 0 Å². The lowest BCUT2D eigenvalue weighted by molar-refractivity contribution is 1.70. The molecule has 0 aliphatic heterocycles. The second-order valence-electron chi connectivity index (χ2n) is 1.25. The average molecular weight is 527 g/mol. The third-order valence-corrected chi connectivity index (χ3v) is 1.54. The summed E-state index contributed by atoms with van der Waals surface area (Å²) in [4.78, 5) is 0. The van der Waals surface area contributed by atoms with Crippen LogP contribution in [0.4, 0.5) is 0 Å². The van der Waals surface area contributed by atoms with Gasteiger partial charge in [0, 0.05) is 0 Å². The zero-order valence-corrected chi connectivity index (χ0v) is 13.8. The van der Waals surface area contributed by atoms with E-state index in [1.807, 2.05) is 0 Å². The predicted octanol–water partition coefficient (Wildman–Crippen LogP) is 4.67. The maximum atomic E-state index is 3.23. The molecule has 0 saturated carbocycles. The molecule has 0 bridgehead atoms. The summed E-state index contributed by atoms with van der Waals surface area (Å²) < 4.78 is -1.01. The molecule has 0 aliphatic rings. The molecule has 0 rings (SSSR count). The molecule has 0 aromatic heterocycles. The van der Waals surface area contributed by atoms with Gasteiger partial charge in [0.15, 0.2) is 4.29 Å². The van der Waals surface area contributed by atoms with Gasteiger partial charge in [0.25, 0.3) is 0 Å². The molecule has 0 amide bonds. The normalized spacial score (nSPS) is 12.2. The maximum absolute atomic E-state index is 3.23. The smallest absolute Gasteiger partial charge is 0.0581 e. The van der Waals surface area contributed by atoms with Crippen molar-refractivity contribution in [2.45, 2.75) is 4.29 Å². The van der Waals surface area contributed by atoms with Crippen molar-refractivity contribution in [3.63, 3.8) is 0 Å². The van der Waals surface area contributed by atoms with Crippen LogP contribution >= 0.6 is 95.6 Å². The number of hydrogen-bond acceptors (Lipinski definition) is 0. The van der Waals surface area contributed by atoms with Crippen molar-refractivity contribution in [2.24, 2.45) is 0 Å². The predicted molar refractivity (Wildman–Crippen MR) is 66.8 cm³/mol. The zero-order chi connectivity index (χ0) is 8.41. The van der Waals surface area contributed by atoms with Gasteiger partial charge in [-0.05, 0) is 95.6 Å². The highest BCUT2D eigenvalue weighted by Crippen LogP contribution is 2.36. The minimum atomic E-state index is -0.506. The summed E-state index contributed by atoms with van der Waals surface area (Å²) in [5, 5.41) is 0. The SMILES string of the molecule is BrC(Br)(Br)C#CC(Br)(Br)Br. The number of halogens is 6. The Balaban J connectivity index is 4.19. The lowest BCUT2D eigenvalue weighted by atomic mass is 10.7. The molecule has 0 fully saturated rings. The Bertz CT molecular complexity index is 143. The van der Waals surface area contributed by atoms with Gasteiger partial charge in [0.1, 0.15) is 0 Å². The summed E-state index contributed by atoms with van der Waals surface area (Å²) in [5.41, 5.74) is 0. The van der Waals surface area contributed by atoms with Crippen molar-refractivity contribution in [1.29, 1.82) is 0 Å². The van der Waals surface area contributed by atoms with E-state index in [1.165, 1.54) is 0 Å². The minimum Gasteiger partial charge on any atom is -0.0581 e. The second-order valence-corrected chi connectivity index (χ2v) is 14.8. The summed E-state index contributed by atoms with van der Waals surface area (Å²) >= 11 is 19.4. The Morgan fingerprint density at radius 2 is 0.800 bits per heavy atom. The fraction of sp³-hybridized carbons (Fsp3) is 0.500. The molecule has 0 heterocycles. The molecule has 0 nitrogen and oxygen atoms in total. The molecule has 0 unspecified atom stereocenters. The van der Waals surface area contributed by atoms with E-state index in [9.17, 15) is 0 Å². The Hall–Kier alpha value is 2.44. The minimum absolute atomic E-state index is 0.506. The highest BCUT2D eigenvalue weighted by molar-refractivity contribution is 9.40. The quantitative estimate of drug-likeness (QED) is 0.318. The van der Waals surface area contributed by atoms with Crippen molar-refractivity contribution >= 4 is 95.6 Å². The van der Waals surface area contributed by atoms with Gasteiger partial charge in [0.05, 0.1) is 0 Å². The Morgan fingerprint density at radius 1 is 0.600 bits per heavy atom. The van der Waals surface area contributed by atoms with Crippen molar-refractivity contribution in [3.8, 4) is 11.8 Å². The van der Waals surface area contributed by atoms with Gasteiger partial charge in [0.2, 0.25) is 0 Å². The highest BCUT2D eigenvalue weighted by atomic mass is 80.0. The van der Waals surface area contributed by atoms with Crippen LogP contribution < -0.4 is 0 Å². The molecular weight excluding hydrogens is 527 g/mol. The molecule has 0 radical (unpaired) electrons. The maximum Gasteiger partial charge on any atom is 0.194 e. The van der Waals surface area contributed by atoms with Gasteiger partial charge < -0.3 is 0 Å². The molecule has 58 valence electrons. The van der Waals surface area contributed by atoms with Crippen LogP contribution in [0.5, 0.6) is 0 Å². The van der Waals surface area contributed by atoms with Gasteiger partial charge in [-0.1, -0.05) is 11.8 Å². The van der Waals surface area contributed by atoms with Crippen LogP contribution in [0.1, 0.15) is 0 Å². The van der Waals surface area contributed by atoms with E-state index < -0.39 is 4.29 Å². The first-order valence-electron chi connectivity index (χ1n) is 1.88. The molecule has 6 heteroatoms. The van der Waals surface area contributed by atoms with Crippen molar-refractivity contribution in [2.75, 3.05) is 0 Å². The summed E-state index contributed by atoms with van der Waals surface area (Å²) in [5.74, 6) is 5.64. The molecule has 0 aromatic rings. The van der Waals surface area contributed by atoms with Crippen LogP contribution in [0.2, 0.25) is 0 Å². The molecule has 0 aromatic carbocycles. The first-order chi connectivity index (χ1) is 4.21. The molecule has 0 aliphatic carbocycles. The van der Waals surface area contributed by atoms with E-state index in [0.29, 0.717) is 0 Å². The van der Waals surface area contributed by atoms with E-state index in [-0.39, 0.29) is 0 Å². The van der Waals surface area contributed by atoms with E-state index >= 15 is 0 Å². The first kappa shape index (κ1) is 12.4. The van der Waals surface area contributed by atoms with Gasteiger partial charge in [-0.15, -0.1) is 0 Å². The Kier molecular flexibility index (Phi) is 5.74. The number of alkyl halides is 6. The summed E-state index contributed by atoms with van der Waals surface area (Å²) in [7, 11) is 0. The van der Waals surface area contributed by atoms with E-state index in [1.54, 1.807) is 0 Å². The third kappa shape index (κ3) is 10.4. The molecule has 0 spiro atoms. The molecule has 0 saturated heterocycles. The summed E-state index contributed by atoms with van der Waals surface area (Å²) in [6, 6.07) is 0. The molecule has 0 N–H and O–H groups in total. The van der Waals surface area contributed by atoms with Crippen LogP contribution in [-0.4, -0.2) is 4.29 Å². The van der Waals surface area contributed by atoms with Gasteiger partial charge in [-0.3, -0.25) is 0 Å². The number of rotatable bonds is 0. The fourth-order valence-corrected chi connectivity index (χ4v) is 0.736. The van der Waals surface area contributed by atoms with Gasteiger partial charge in [-0.25, -0.2) is 0 Å². The van der Waals surface area contributed by atoms with Gasteiger partial charge in [-0.2, -0.15) is 0 Å². The van der Waals surface area contributed by atoms with Crippen molar-refractivity contribution in [3.05, 3.63) is 0 Å². The highest BCUT2D eigenvalue weighted by Gasteiger charge is 2.17. The second kappa shape index (κ2) is 4.61. The van der Waals surface area contributed by atoms with Crippen molar-refractivity contribution < 1.29 is 0 Å². The lowest BCUT2D eigenvalue weighted by Crippen LogP contribution is -1.98. The van der Waals surface area contributed by atoms with Crippen molar-refractivity contribution in [1.82, 2.24) is 0 Å². The van der Waals surface area contributed by atoms with Crippen LogP contribution in [0, 0.1) is 11.8 Å². The standard InChI is InChI=1S/C4Br6/c5-3(6,7)1-2-4(8,9)10. The van der Waals surface area contributed by atoms with E-state index in [4.69, 9.17) is 0 Å². The zero-order valence-electron chi connectivity index (χ0n) is 4.27.